The van der Waals surface area contributed by atoms with Gasteiger partial charge in [0.15, 0.2) is 0 Å². The van der Waals surface area contributed by atoms with E-state index in [0.717, 1.165) is 12.8 Å². The summed E-state index contributed by atoms with van der Waals surface area (Å²) in [6.07, 6.45) is 3.31. The lowest BCUT2D eigenvalue weighted by atomic mass is 10.1. The first kappa shape index (κ1) is 18.5. The van der Waals surface area contributed by atoms with Crippen molar-refractivity contribution in [1.82, 2.24) is 15.3 Å². The van der Waals surface area contributed by atoms with Crippen molar-refractivity contribution in [2.75, 3.05) is 6.54 Å². The smallest absolute Gasteiger partial charge is 0.251 e. The summed E-state index contributed by atoms with van der Waals surface area (Å²) in [7, 11) is 0. The Bertz CT molecular complexity index is 931. The van der Waals surface area contributed by atoms with Crippen molar-refractivity contribution in [3.05, 3.63) is 72.3 Å². The molecule has 0 radical (unpaired) electrons. The maximum atomic E-state index is 13.4. The molecule has 0 aliphatic heterocycles. The Morgan fingerprint density at radius 1 is 1.11 bits per heavy atom. The molecule has 3 aromatic rings. The van der Waals surface area contributed by atoms with E-state index in [-0.39, 0.29) is 11.7 Å². The minimum atomic E-state index is -0.338. The Morgan fingerprint density at radius 2 is 1.96 bits per heavy atom. The second-order valence-electron chi connectivity index (χ2n) is 5.99. The molecule has 0 saturated heterocycles. The van der Waals surface area contributed by atoms with E-state index < -0.39 is 0 Å². The number of carbonyl (C=O) groups excluding carboxylic acids is 1. The molecule has 0 aliphatic rings. The number of carbonyl (C=O) groups is 1. The number of hydrogen-bond acceptors (Lipinski definition) is 4. The highest BCUT2D eigenvalue weighted by atomic mass is 19.1. The number of amides is 1. The zero-order valence-electron chi connectivity index (χ0n) is 15.0. The molecular weight excluding hydrogens is 345 g/mol. The number of aromatic nitrogens is 2. The monoisotopic (exact) mass is 365 g/mol. The summed E-state index contributed by atoms with van der Waals surface area (Å²) in [5, 5.41) is 2.87. The highest BCUT2D eigenvalue weighted by Crippen LogP contribution is 2.24. The van der Waals surface area contributed by atoms with E-state index in [4.69, 9.17) is 4.74 Å². The summed E-state index contributed by atoms with van der Waals surface area (Å²) in [5.41, 5.74) is 1.70. The number of nitrogens with one attached hydrogen (secondary N) is 1. The third-order valence-corrected chi connectivity index (χ3v) is 3.90. The van der Waals surface area contributed by atoms with Gasteiger partial charge in [-0.1, -0.05) is 31.5 Å². The summed E-state index contributed by atoms with van der Waals surface area (Å²) in [6.45, 7) is 2.71. The number of unbranched alkanes of at least 4 members (excludes halogenated alkanes) is 1. The fourth-order valence-electron chi connectivity index (χ4n) is 2.50. The first-order chi connectivity index (χ1) is 13.2. The molecule has 0 spiro atoms. The third kappa shape index (κ3) is 5.10. The van der Waals surface area contributed by atoms with Crippen molar-refractivity contribution in [2.24, 2.45) is 0 Å². The molecule has 1 heterocycles. The topological polar surface area (TPSA) is 64.1 Å². The quantitative estimate of drug-likeness (QED) is 0.621. The van der Waals surface area contributed by atoms with Crippen LogP contribution in [0, 0.1) is 5.82 Å². The molecule has 6 heteroatoms. The van der Waals surface area contributed by atoms with Crippen LogP contribution in [-0.2, 0) is 0 Å². The Kier molecular flexibility index (Phi) is 6.10. The predicted octanol–water partition coefficient (Wildman–Crippen LogP) is 4.60. The zero-order valence-corrected chi connectivity index (χ0v) is 15.0. The maximum Gasteiger partial charge on any atom is 0.251 e. The van der Waals surface area contributed by atoms with Gasteiger partial charge >= 0.3 is 0 Å². The highest BCUT2D eigenvalue weighted by Gasteiger charge is 2.08. The Balaban J connectivity index is 1.75. The number of benzene rings is 2. The van der Waals surface area contributed by atoms with Crippen LogP contribution in [0.15, 0.2) is 60.9 Å². The summed E-state index contributed by atoms with van der Waals surface area (Å²) >= 11 is 0. The molecule has 0 fully saturated rings. The van der Waals surface area contributed by atoms with Crippen molar-refractivity contribution in [3.8, 4) is 22.9 Å². The fourth-order valence-corrected chi connectivity index (χ4v) is 2.50. The molecule has 1 N–H and O–H groups in total. The zero-order chi connectivity index (χ0) is 19.1. The van der Waals surface area contributed by atoms with Crippen molar-refractivity contribution in [2.45, 2.75) is 19.8 Å². The average molecular weight is 365 g/mol. The SMILES string of the molecule is CCCCNC(=O)c1cccc(Oc2cc(-c3cccc(F)c3)ncn2)c1. The Labute approximate surface area is 157 Å². The van der Waals surface area contributed by atoms with E-state index in [1.165, 1.54) is 18.5 Å². The summed E-state index contributed by atoms with van der Waals surface area (Å²) in [6, 6.07) is 14.7. The Morgan fingerprint density at radius 3 is 2.78 bits per heavy atom. The first-order valence-corrected chi connectivity index (χ1v) is 8.80. The van der Waals surface area contributed by atoms with E-state index >= 15 is 0 Å². The van der Waals surface area contributed by atoms with Crippen LogP contribution < -0.4 is 10.1 Å². The molecule has 5 nitrogen and oxygen atoms in total. The van der Waals surface area contributed by atoms with Crippen LogP contribution in [0.4, 0.5) is 4.39 Å². The van der Waals surface area contributed by atoms with E-state index in [1.807, 2.05) is 0 Å². The number of halogens is 1. The van der Waals surface area contributed by atoms with Crippen molar-refractivity contribution in [3.63, 3.8) is 0 Å². The van der Waals surface area contributed by atoms with Crippen LogP contribution in [0.25, 0.3) is 11.3 Å². The lowest BCUT2D eigenvalue weighted by molar-refractivity contribution is 0.0953. The predicted molar refractivity (Wildman–Crippen MR) is 101 cm³/mol. The standard InChI is InChI=1S/C21H20FN3O2/c1-2-3-10-23-21(26)16-7-5-9-18(12-16)27-20-13-19(24-14-25-20)15-6-4-8-17(22)11-15/h4-9,11-14H,2-3,10H2,1H3,(H,23,26). The van der Waals surface area contributed by atoms with E-state index in [0.29, 0.717) is 35.0 Å². The minimum Gasteiger partial charge on any atom is -0.439 e. The van der Waals surface area contributed by atoms with Gasteiger partial charge in [-0.05, 0) is 36.8 Å². The molecule has 1 aromatic heterocycles. The van der Waals surface area contributed by atoms with E-state index in [9.17, 15) is 9.18 Å². The molecule has 1 amide bonds. The van der Waals surface area contributed by atoms with Gasteiger partial charge < -0.3 is 10.1 Å². The van der Waals surface area contributed by atoms with Gasteiger partial charge in [-0.3, -0.25) is 4.79 Å². The van der Waals surface area contributed by atoms with Crippen molar-refractivity contribution < 1.29 is 13.9 Å². The van der Waals surface area contributed by atoms with Crippen LogP contribution in [-0.4, -0.2) is 22.4 Å². The van der Waals surface area contributed by atoms with Gasteiger partial charge in [-0.25, -0.2) is 14.4 Å². The van der Waals surface area contributed by atoms with Crippen molar-refractivity contribution in [1.29, 1.82) is 0 Å². The summed E-state index contributed by atoms with van der Waals surface area (Å²) < 4.78 is 19.2. The number of rotatable bonds is 7. The normalized spacial score (nSPS) is 10.4. The van der Waals surface area contributed by atoms with Gasteiger partial charge in [0.05, 0.1) is 5.69 Å². The second-order valence-corrected chi connectivity index (χ2v) is 5.99. The van der Waals surface area contributed by atoms with E-state index in [2.05, 4.69) is 22.2 Å². The summed E-state index contributed by atoms with van der Waals surface area (Å²) in [4.78, 5) is 20.4. The van der Waals surface area contributed by atoms with Crippen LogP contribution in [0.3, 0.4) is 0 Å². The highest BCUT2D eigenvalue weighted by molar-refractivity contribution is 5.94. The molecule has 0 saturated carbocycles. The van der Waals surface area contributed by atoms with Gasteiger partial charge in [-0.15, -0.1) is 0 Å². The molecule has 0 aliphatic carbocycles. The Hall–Kier alpha value is -3.28. The molecule has 3 rings (SSSR count). The largest absolute Gasteiger partial charge is 0.439 e. The van der Waals surface area contributed by atoms with Crippen LogP contribution in [0.2, 0.25) is 0 Å². The molecular formula is C21H20FN3O2. The van der Waals surface area contributed by atoms with Crippen molar-refractivity contribution >= 4 is 5.91 Å². The van der Waals surface area contributed by atoms with Gasteiger partial charge in [0, 0.05) is 23.7 Å². The van der Waals surface area contributed by atoms with Gasteiger partial charge in [0.2, 0.25) is 5.88 Å². The molecule has 138 valence electrons. The van der Waals surface area contributed by atoms with E-state index in [1.54, 1.807) is 42.5 Å². The molecule has 2 aromatic carbocycles. The molecule has 27 heavy (non-hydrogen) atoms. The van der Waals surface area contributed by atoms with Crippen LogP contribution in [0.1, 0.15) is 30.1 Å². The molecule has 0 unspecified atom stereocenters. The summed E-state index contributed by atoms with van der Waals surface area (Å²) in [5.74, 6) is 0.322. The van der Waals surface area contributed by atoms with Crippen LogP contribution in [0.5, 0.6) is 11.6 Å². The van der Waals surface area contributed by atoms with Gasteiger partial charge in [-0.2, -0.15) is 0 Å². The second kappa shape index (κ2) is 8.89. The van der Waals surface area contributed by atoms with Crippen LogP contribution >= 0.6 is 0 Å². The lowest BCUT2D eigenvalue weighted by Crippen LogP contribution is -2.24. The lowest BCUT2D eigenvalue weighted by Gasteiger charge is -2.08. The minimum absolute atomic E-state index is 0.142. The molecule has 0 bridgehead atoms. The number of ether oxygens (including phenoxy) is 1. The first-order valence-electron chi connectivity index (χ1n) is 8.80. The third-order valence-electron chi connectivity index (χ3n) is 3.90. The fraction of sp³-hybridized carbons (Fsp3) is 0.190. The molecule has 0 atom stereocenters. The van der Waals surface area contributed by atoms with Gasteiger partial charge in [0.1, 0.15) is 17.9 Å². The van der Waals surface area contributed by atoms with Gasteiger partial charge in [0.25, 0.3) is 5.91 Å². The average Bonchev–Trinajstić information content (AvgIpc) is 2.68. The number of hydrogen-bond donors (Lipinski definition) is 1. The number of nitrogens with zero attached hydrogens (tertiary/aromatic N) is 2. The maximum absolute atomic E-state index is 13.4.